The predicted molar refractivity (Wildman–Crippen MR) is 149 cm³/mol. The van der Waals surface area contributed by atoms with Crippen LogP contribution in [0.15, 0.2) is 110 Å². The van der Waals surface area contributed by atoms with Crippen molar-refractivity contribution in [3.05, 3.63) is 121 Å². The number of fused-ring (bicyclic) bond motifs is 3. The highest BCUT2D eigenvalue weighted by atomic mass is 32.2. The maximum absolute atomic E-state index is 13.6. The molecule has 0 amide bonds. The van der Waals surface area contributed by atoms with Gasteiger partial charge in [0, 0.05) is 24.5 Å². The summed E-state index contributed by atoms with van der Waals surface area (Å²) >= 11 is 0. The number of hydrogen-bond donors (Lipinski definition) is 1. The standard InChI is InChI=1S/C31H24N2O5S/c34-25-12-7-21(8-13-25)29-27-18-28(39(35,36)38-26-14-9-20-3-1-2-4-23(20)17-26)31(37-27)30(29)22-5-10-24(11-6-22)33-16-15-32-19-33/h1-17,19,27-28,31,34H,18H2. The van der Waals surface area contributed by atoms with Gasteiger partial charge in [-0.15, -0.1) is 0 Å². The quantitative estimate of drug-likeness (QED) is 0.285. The number of phenols is 1. The summed E-state index contributed by atoms with van der Waals surface area (Å²) in [5.41, 5.74) is 4.47. The summed E-state index contributed by atoms with van der Waals surface area (Å²) in [7, 11) is -4.02. The molecule has 1 aromatic heterocycles. The highest BCUT2D eigenvalue weighted by Gasteiger charge is 2.53. The van der Waals surface area contributed by atoms with Crippen LogP contribution in [0, 0.1) is 0 Å². The molecule has 39 heavy (non-hydrogen) atoms. The highest BCUT2D eigenvalue weighted by molar-refractivity contribution is 7.87. The summed E-state index contributed by atoms with van der Waals surface area (Å²) in [6.45, 7) is 0. The average molecular weight is 537 g/mol. The lowest BCUT2D eigenvalue weighted by atomic mass is 9.83. The van der Waals surface area contributed by atoms with Crippen LogP contribution in [0.25, 0.3) is 27.6 Å². The van der Waals surface area contributed by atoms with E-state index < -0.39 is 27.6 Å². The van der Waals surface area contributed by atoms with Crippen molar-refractivity contribution in [1.82, 2.24) is 9.55 Å². The monoisotopic (exact) mass is 536 g/mol. The molecule has 0 aliphatic carbocycles. The van der Waals surface area contributed by atoms with E-state index >= 15 is 0 Å². The van der Waals surface area contributed by atoms with Crippen molar-refractivity contribution >= 4 is 32.0 Å². The Hall–Kier alpha value is -4.40. The van der Waals surface area contributed by atoms with Crippen LogP contribution in [0.2, 0.25) is 0 Å². The average Bonchev–Trinajstić information content (AvgIpc) is 3.71. The van der Waals surface area contributed by atoms with Gasteiger partial charge in [-0.25, -0.2) is 4.98 Å². The van der Waals surface area contributed by atoms with E-state index in [0.717, 1.165) is 38.7 Å². The molecule has 0 radical (unpaired) electrons. The molecule has 0 spiro atoms. The molecule has 2 aliphatic heterocycles. The van der Waals surface area contributed by atoms with Crippen LogP contribution in [0.4, 0.5) is 0 Å². The van der Waals surface area contributed by atoms with Gasteiger partial charge >= 0.3 is 10.1 Å². The van der Waals surface area contributed by atoms with Crippen molar-refractivity contribution in [2.75, 3.05) is 0 Å². The Morgan fingerprint density at radius 2 is 1.59 bits per heavy atom. The Labute approximate surface area is 225 Å². The van der Waals surface area contributed by atoms with E-state index in [-0.39, 0.29) is 17.9 Å². The summed E-state index contributed by atoms with van der Waals surface area (Å²) in [5, 5.41) is 10.9. The number of aromatic nitrogens is 2. The van der Waals surface area contributed by atoms with Crippen LogP contribution >= 0.6 is 0 Å². The fourth-order valence-electron chi connectivity index (χ4n) is 5.63. The van der Waals surface area contributed by atoms with E-state index in [4.69, 9.17) is 8.92 Å². The smallest absolute Gasteiger partial charge is 0.315 e. The third-order valence-corrected chi connectivity index (χ3v) is 9.06. The normalized spacial score (nSPS) is 20.6. The second kappa shape index (κ2) is 9.11. The molecule has 2 aliphatic rings. The zero-order valence-electron chi connectivity index (χ0n) is 20.7. The molecule has 3 heterocycles. The van der Waals surface area contributed by atoms with Gasteiger partial charge in [-0.2, -0.15) is 8.42 Å². The minimum Gasteiger partial charge on any atom is -0.508 e. The van der Waals surface area contributed by atoms with Gasteiger partial charge in [-0.1, -0.05) is 54.6 Å². The van der Waals surface area contributed by atoms with Gasteiger partial charge < -0.3 is 18.6 Å². The van der Waals surface area contributed by atoms with Crippen molar-refractivity contribution in [3.8, 4) is 17.2 Å². The van der Waals surface area contributed by atoms with Gasteiger partial charge in [-0.05, 0) is 69.4 Å². The van der Waals surface area contributed by atoms with Crippen LogP contribution in [0.5, 0.6) is 11.5 Å². The first kappa shape index (κ1) is 23.7. The van der Waals surface area contributed by atoms with Crippen LogP contribution in [0.3, 0.4) is 0 Å². The summed E-state index contributed by atoms with van der Waals surface area (Å²) in [6.07, 6.45) is 4.49. The van der Waals surface area contributed by atoms with E-state index in [1.165, 1.54) is 0 Å². The number of nitrogens with zero attached hydrogens (tertiary/aromatic N) is 2. The minimum atomic E-state index is -4.02. The third-order valence-electron chi connectivity index (χ3n) is 7.45. The Morgan fingerprint density at radius 1 is 0.872 bits per heavy atom. The molecule has 3 atom stereocenters. The van der Waals surface area contributed by atoms with Crippen molar-refractivity contribution in [2.45, 2.75) is 23.9 Å². The zero-order chi connectivity index (χ0) is 26.6. The Kier molecular flexibility index (Phi) is 5.54. The first-order chi connectivity index (χ1) is 19.0. The van der Waals surface area contributed by atoms with Crippen molar-refractivity contribution in [2.24, 2.45) is 0 Å². The highest BCUT2D eigenvalue weighted by Crippen LogP contribution is 2.51. The second-order valence-electron chi connectivity index (χ2n) is 9.80. The number of hydrogen-bond acceptors (Lipinski definition) is 6. The number of phenolic OH excluding ortho intramolecular Hbond substituents is 1. The summed E-state index contributed by atoms with van der Waals surface area (Å²) in [6, 6.07) is 27.8. The lowest BCUT2D eigenvalue weighted by molar-refractivity contribution is 0.128. The fourth-order valence-corrected chi connectivity index (χ4v) is 7.04. The van der Waals surface area contributed by atoms with Gasteiger partial charge in [0.15, 0.2) is 0 Å². The second-order valence-corrected chi connectivity index (χ2v) is 11.6. The van der Waals surface area contributed by atoms with Gasteiger partial charge in [0.25, 0.3) is 0 Å². The number of rotatable bonds is 6. The number of ether oxygens (including phenoxy) is 1. The molecule has 194 valence electrons. The molecule has 1 fully saturated rings. The number of imidazole rings is 1. The molecule has 8 heteroatoms. The van der Waals surface area contributed by atoms with E-state index in [0.29, 0.717) is 0 Å². The van der Waals surface area contributed by atoms with Crippen molar-refractivity contribution < 1.29 is 22.4 Å². The molecule has 0 saturated carbocycles. The minimum absolute atomic E-state index is 0.166. The molecule has 2 bridgehead atoms. The van der Waals surface area contributed by atoms with Crippen LogP contribution in [-0.2, 0) is 14.9 Å². The molecule has 1 N–H and O–H groups in total. The molecular weight excluding hydrogens is 512 g/mol. The summed E-state index contributed by atoms with van der Waals surface area (Å²) in [4.78, 5) is 4.11. The van der Waals surface area contributed by atoms with E-state index in [9.17, 15) is 13.5 Å². The molecule has 5 aromatic rings. The summed E-state index contributed by atoms with van der Waals surface area (Å²) in [5.74, 6) is 0.448. The van der Waals surface area contributed by atoms with Crippen molar-refractivity contribution in [3.63, 3.8) is 0 Å². The predicted octanol–water partition coefficient (Wildman–Crippen LogP) is 5.59. The largest absolute Gasteiger partial charge is 0.508 e. The van der Waals surface area contributed by atoms with Gasteiger partial charge in [0.2, 0.25) is 0 Å². The zero-order valence-corrected chi connectivity index (χ0v) is 21.5. The molecular formula is C31H24N2O5S. The van der Waals surface area contributed by atoms with Crippen LogP contribution in [0.1, 0.15) is 17.5 Å². The van der Waals surface area contributed by atoms with Gasteiger partial charge in [-0.3, -0.25) is 0 Å². The first-order valence-corrected chi connectivity index (χ1v) is 14.1. The Bertz CT molecular complexity index is 1810. The maximum Gasteiger partial charge on any atom is 0.315 e. The number of benzene rings is 4. The van der Waals surface area contributed by atoms with Crippen LogP contribution < -0.4 is 4.18 Å². The first-order valence-electron chi connectivity index (χ1n) is 12.7. The van der Waals surface area contributed by atoms with Gasteiger partial charge in [0.1, 0.15) is 22.9 Å². The van der Waals surface area contributed by atoms with E-state index in [1.807, 2.05) is 77.5 Å². The lowest BCUT2D eigenvalue weighted by Gasteiger charge is -2.25. The topological polar surface area (TPSA) is 90.7 Å². The van der Waals surface area contributed by atoms with Gasteiger partial charge in [0.05, 0.1) is 12.4 Å². The number of aromatic hydroxyl groups is 1. The summed E-state index contributed by atoms with van der Waals surface area (Å²) < 4.78 is 41.2. The Balaban J connectivity index is 1.27. The van der Waals surface area contributed by atoms with E-state index in [1.54, 1.807) is 36.8 Å². The molecule has 7 rings (SSSR count). The SMILES string of the molecule is O=S(=O)(Oc1ccc2ccccc2c1)C1CC2OC1C(c1ccc(-n3ccnc3)cc1)=C2c1ccc(O)cc1. The third kappa shape index (κ3) is 4.18. The van der Waals surface area contributed by atoms with Crippen molar-refractivity contribution in [1.29, 1.82) is 0 Å². The molecule has 3 unspecified atom stereocenters. The van der Waals surface area contributed by atoms with E-state index in [2.05, 4.69) is 4.98 Å². The maximum atomic E-state index is 13.6. The fraction of sp³-hybridized carbons (Fsp3) is 0.129. The Morgan fingerprint density at radius 3 is 2.33 bits per heavy atom. The lowest BCUT2D eigenvalue weighted by Crippen LogP contribution is -2.35. The molecule has 1 saturated heterocycles. The molecule has 4 aromatic carbocycles. The molecule has 7 nitrogen and oxygen atoms in total. The van der Waals surface area contributed by atoms with Crippen LogP contribution in [-0.4, -0.2) is 40.5 Å².